The lowest BCUT2D eigenvalue weighted by atomic mass is 10.1. The zero-order valence-corrected chi connectivity index (χ0v) is 9.85. The molecule has 1 heterocycles. The van der Waals surface area contributed by atoms with Crippen molar-refractivity contribution >= 4 is 20.1 Å². The molecule has 1 aliphatic rings. The second-order valence-corrected chi connectivity index (χ2v) is 4.32. The minimum absolute atomic E-state index is 0.328. The smallest absolute Gasteiger partial charge is 0.268 e. The van der Waals surface area contributed by atoms with E-state index in [-0.39, 0.29) is 6.73 Å². The molecule has 0 saturated carbocycles. The van der Waals surface area contributed by atoms with Crippen LogP contribution in [-0.4, -0.2) is 30.6 Å². The molecule has 1 aromatic rings. The van der Waals surface area contributed by atoms with Crippen LogP contribution in [0.4, 0.5) is 0 Å². The summed E-state index contributed by atoms with van der Waals surface area (Å²) in [4.78, 5) is 24.5. The van der Waals surface area contributed by atoms with E-state index in [0.717, 1.165) is 4.90 Å². The van der Waals surface area contributed by atoms with Crippen molar-refractivity contribution in [2.24, 2.45) is 0 Å². The topological polar surface area (TPSA) is 72.9 Å². The molecule has 88 valence electrons. The normalized spacial score (nSPS) is 15.1. The fourth-order valence-electron chi connectivity index (χ4n) is 1.51. The van der Waals surface area contributed by atoms with Gasteiger partial charge in [-0.3, -0.25) is 9.59 Å². The second kappa shape index (κ2) is 4.71. The van der Waals surface area contributed by atoms with Crippen LogP contribution in [0, 0.1) is 0 Å². The maximum atomic E-state index is 11.8. The van der Waals surface area contributed by atoms with Gasteiger partial charge in [0.2, 0.25) is 0 Å². The molecule has 0 N–H and O–H groups in total. The van der Waals surface area contributed by atoms with Gasteiger partial charge >= 0.3 is 8.25 Å². The SMILES string of the molecule is CO[P+](=O)OCN1C(=O)c2ccccc2C1=O. The average molecular weight is 254 g/mol. The van der Waals surface area contributed by atoms with Crippen molar-refractivity contribution in [3.63, 3.8) is 0 Å². The van der Waals surface area contributed by atoms with Gasteiger partial charge in [-0.1, -0.05) is 16.7 Å². The molecule has 1 aliphatic heterocycles. The first-order valence-corrected chi connectivity index (χ1v) is 5.84. The number of fused-ring (bicyclic) bond motifs is 1. The monoisotopic (exact) mass is 254 g/mol. The van der Waals surface area contributed by atoms with Gasteiger partial charge in [-0.2, -0.15) is 0 Å². The predicted octanol–water partition coefficient (Wildman–Crippen LogP) is 1.56. The Hall–Kier alpha value is -1.62. The summed E-state index contributed by atoms with van der Waals surface area (Å²) in [6.45, 7) is -0.380. The summed E-state index contributed by atoms with van der Waals surface area (Å²) in [6, 6.07) is 6.46. The standard InChI is InChI=1S/C10H9NO5P/c1-15-17(14)16-6-11-9(12)7-4-2-3-5-8(7)10(11)13/h2-5H,6H2,1H3/q+1. The molecular formula is C10H9NO5P+. The van der Waals surface area contributed by atoms with Crippen molar-refractivity contribution in [2.75, 3.05) is 13.8 Å². The van der Waals surface area contributed by atoms with Gasteiger partial charge in [0, 0.05) is 4.57 Å². The second-order valence-electron chi connectivity index (χ2n) is 3.25. The van der Waals surface area contributed by atoms with E-state index in [0.29, 0.717) is 11.1 Å². The summed E-state index contributed by atoms with van der Waals surface area (Å²) < 4.78 is 20.0. The summed E-state index contributed by atoms with van der Waals surface area (Å²) >= 11 is 0. The molecule has 0 aliphatic carbocycles. The van der Waals surface area contributed by atoms with Crippen LogP contribution in [0.1, 0.15) is 20.7 Å². The van der Waals surface area contributed by atoms with Gasteiger partial charge in [0.25, 0.3) is 11.8 Å². The number of rotatable bonds is 4. The maximum Gasteiger partial charge on any atom is 0.698 e. The number of imide groups is 1. The van der Waals surface area contributed by atoms with Crippen LogP contribution in [0.15, 0.2) is 24.3 Å². The highest BCUT2D eigenvalue weighted by atomic mass is 31.1. The number of carbonyl (C=O) groups excluding carboxylic acids is 2. The van der Waals surface area contributed by atoms with E-state index in [2.05, 4.69) is 4.52 Å². The largest absolute Gasteiger partial charge is 0.698 e. The Morgan fingerprint density at radius 2 is 1.71 bits per heavy atom. The van der Waals surface area contributed by atoms with Crippen LogP contribution in [0.3, 0.4) is 0 Å². The molecule has 6 nitrogen and oxygen atoms in total. The summed E-state index contributed by atoms with van der Waals surface area (Å²) in [5.74, 6) is -0.907. The van der Waals surface area contributed by atoms with Gasteiger partial charge in [-0.25, -0.2) is 4.90 Å². The third kappa shape index (κ3) is 2.10. The number of hydrogen-bond donors (Lipinski definition) is 0. The lowest BCUT2D eigenvalue weighted by Crippen LogP contribution is -2.31. The molecule has 17 heavy (non-hydrogen) atoms. The fraction of sp³-hybridized carbons (Fsp3) is 0.200. The average Bonchev–Trinajstić information content (AvgIpc) is 2.60. The Kier molecular flexibility index (Phi) is 3.28. The van der Waals surface area contributed by atoms with E-state index >= 15 is 0 Å². The highest BCUT2D eigenvalue weighted by Crippen LogP contribution is 2.26. The van der Waals surface area contributed by atoms with Crippen molar-refractivity contribution in [1.82, 2.24) is 4.90 Å². The quantitative estimate of drug-likeness (QED) is 0.602. The molecule has 0 aromatic heterocycles. The number of hydrogen-bond acceptors (Lipinski definition) is 5. The number of benzene rings is 1. The Morgan fingerprint density at radius 3 is 2.18 bits per heavy atom. The summed E-state index contributed by atoms with van der Waals surface area (Å²) in [5.41, 5.74) is 0.655. The van der Waals surface area contributed by atoms with Crippen LogP contribution in [0.2, 0.25) is 0 Å². The van der Waals surface area contributed by atoms with Crippen LogP contribution in [0.5, 0.6) is 0 Å². The van der Waals surface area contributed by atoms with Gasteiger partial charge in [-0.05, 0) is 12.1 Å². The van der Waals surface area contributed by atoms with Crippen LogP contribution < -0.4 is 0 Å². The van der Waals surface area contributed by atoms with Crippen LogP contribution in [0.25, 0.3) is 0 Å². The Balaban J connectivity index is 2.16. The number of carbonyl (C=O) groups is 2. The first-order valence-electron chi connectivity index (χ1n) is 4.74. The van der Waals surface area contributed by atoms with E-state index in [4.69, 9.17) is 4.52 Å². The summed E-state index contributed by atoms with van der Waals surface area (Å²) in [5, 5.41) is 0. The van der Waals surface area contributed by atoms with E-state index in [9.17, 15) is 14.2 Å². The van der Waals surface area contributed by atoms with Gasteiger partial charge in [-0.15, -0.1) is 4.52 Å². The minimum atomic E-state index is -2.30. The molecule has 7 heteroatoms. The molecule has 2 amide bonds. The first kappa shape index (κ1) is 11.9. The van der Waals surface area contributed by atoms with Crippen molar-refractivity contribution in [1.29, 1.82) is 0 Å². The Morgan fingerprint density at radius 1 is 1.18 bits per heavy atom. The molecule has 0 saturated heterocycles. The van der Waals surface area contributed by atoms with Gasteiger partial charge in [0.1, 0.15) is 0 Å². The number of nitrogens with zero attached hydrogens (tertiary/aromatic N) is 1. The Bertz CT molecular complexity index is 466. The van der Waals surface area contributed by atoms with Crippen LogP contribution >= 0.6 is 8.25 Å². The van der Waals surface area contributed by atoms with Gasteiger partial charge in [0.05, 0.1) is 18.2 Å². The zero-order valence-electron chi connectivity index (χ0n) is 8.95. The molecule has 1 atom stereocenters. The fourth-order valence-corrected chi connectivity index (χ4v) is 1.83. The van der Waals surface area contributed by atoms with Gasteiger partial charge in [0.15, 0.2) is 6.73 Å². The van der Waals surface area contributed by atoms with Crippen molar-refractivity contribution in [3.05, 3.63) is 35.4 Å². The predicted molar refractivity (Wildman–Crippen MR) is 57.5 cm³/mol. The molecule has 0 radical (unpaired) electrons. The lowest BCUT2D eigenvalue weighted by molar-refractivity contribution is 0.0516. The van der Waals surface area contributed by atoms with Crippen LogP contribution in [-0.2, 0) is 13.6 Å². The Labute approximate surface area is 98.1 Å². The molecular weight excluding hydrogens is 245 g/mol. The molecule has 0 spiro atoms. The van der Waals surface area contributed by atoms with Crippen molar-refractivity contribution < 1.29 is 23.2 Å². The molecule has 2 rings (SSSR count). The van der Waals surface area contributed by atoms with E-state index < -0.39 is 20.1 Å². The highest BCUT2D eigenvalue weighted by Gasteiger charge is 2.37. The molecule has 1 unspecified atom stereocenters. The molecule has 1 aromatic carbocycles. The third-order valence-corrected chi connectivity index (χ3v) is 2.94. The summed E-state index contributed by atoms with van der Waals surface area (Å²) in [7, 11) is -1.10. The minimum Gasteiger partial charge on any atom is -0.268 e. The number of amides is 2. The maximum absolute atomic E-state index is 11.8. The zero-order chi connectivity index (χ0) is 12.4. The third-order valence-electron chi connectivity index (χ3n) is 2.32. The lowest BCUT2D eigenvalue weighted by Gasteiger charge is -2.07. The highest BCUT2D eigenvalue weighted by molar-refractivity contribution is 7.33. The first-order chi connectivity index (χ1) is 8.15. The molecule has 0 bridgehead atoms. The van der Waals surface area contributed by atoms with E-state index in [1.165, 1.54) is 7.11 Å². The molecule has 0 fully saturated rings. The van der Waals surface area contributed by atoms with Crippen molar-refractivity contribution in [2.45, 2.75) is 0 Å². The van der Waals surface area contributed by atoms with Crippen molar-refractivity contribution in [3.8, 4) is 0 Å². The van der Waals surface area contributed by atoms with E-state index in [1.807, 2.05) is 0 Å². The summed E-state index contributed by atoms with van der Waals surface area (Å²) in [6.07, 6.45) is 0. The van der Waals surface area contributed by atoms with E-state index in [1.54, 1.807) is 24.3 Å². The van der Waals surface area contributed by atoms with Gasteiger partial charge < -0.3 is 0 Å².